The zero-order valence-corrected chi connectivity index (χ0v) is 27.2. The Labute approximate surface area is 291 Å². The van der Waals surface area contributed by atoms with Gasteiger partial charge >= 0.3 is 0 Å². The maximum absolute atomic E-state index is 11.9. The molecule has 9 aromatic rings. The molecule has 0 aliphatic carbocycles. The van der Waals surface area contributed by atoms with Crippen LogP contribution in [-0.4, -0.2) is 47.6 Å². The standard InChI is InChI=1S/C42H29BN2O6/c43-34-30(37(46)39(48)35-32(34)33-36(40(49)42(51)41(50)38(33)47)45(35)25-15-8-3-9-16-25)23-19-20-28-27(21-23)31-26(22-11-4-1-5-12-22)17-10-18-29(31)44(28)24-13-6-2-7-14-24/h1-21,46-51H,43H2. The highest BCUT2D eigenvalue weighted by Gasteiger charge is 2.31. The predicted molar refractivity (Wildman–Crippen MR) is 204 cm³/mol. The monoisotopic (exact) mass is 668 g/mol. The van der Waals surface area contributed by atoms with Crippen molar-refractivity contribution in [1.82, 2.24) is 9.13 Å². The topological polar surface area (TPSA) is 131 Å². The van der Waals surface area contributed by atoms with Crippen molar-refractivity contribution in [3.63, 3.8) is 0 Å². The van der Waals surface area contributed by atoms with Crippen LogP contribution in [0.4, 0.5) is 0 Å². The van der Waals surface area contributed by atoms with Gasteiger partial charge < -0.3 is 39.8 Å². The molecular formula is C42H29BN2O6. The third kappa shape index (κ3) is 4.15. The van der Waals surface area contributed by atoms with Gasteiger partial charge in [-0.25, -0.2) is 0 Å². The minimum absolute atomic E-state index is 0.00354. The third-order valence-corrected chi connectivity index (χ3v) is 9.93. The van der Waals surface area contributed by atoms with Crippen molar-refractivity contribution in [1.29, 1.82) is 0 Å². The Morgan fingerprint density at radius 3 is 1.65 bits per heavy atom. The second-order valence-electron chi connectivity index (χ2n) is 12.7. The van der Waals surface area contributed by atoms with Crippen molar-refractivity contribution < 1.29 is 30.6 Å². The van der Waals surface area contributed by atoms with E-state index in [0.29, 0.717) is 22.3 Å². The van der Waals surface area contributed by atoms with Crippen molar-refractivity contribution in [2.75, 3.05) is 0 Å². The first kappa shape index (κ1) is 30.1. The Bertz CT molecular complexity index is 2860. The molecule has 0 unspecified atom stereocenters. The summed E-state index contributed by atoms with van der Waals surface area (Å²) >= 11 is 0. The van der Waals surface area contributed by atoms with Gasteiger partial charge in [-0.1, -0.05) is 90.4 Å². The highest BCUT2D eigenvalue weighted by atomic mass is 16.3. The van der Waals surface area contributed by atoms with Crippen LogP contribution in [0.1, 0.15) is 0 Å². The van der Waals surface area contributed by atoms with E-state index in [1.807, 2.05) is 60.7 Å². The summed E-state index contributed by atoms with van der Waals surface area (Å²) < 4.78 is 3.66. The maximum Gasteiger partial charge on any atom is 0.206 e. The Morgan fingerprint density at radius 2 is 0.980 bits per heavy atom. The van der Waals surface area contributed by atoms with Crippen LogP contribution < -0.4 is 5.46 Å². The second kappa shape index (κ2) is 11.0. The first-order valence-electron chi connectivity index (χ1n) is 16.4. The zero-order valence-electron chi connectivity index (χ0n) is 27.2. The van der Waals surface area contributed by atoms with Crippen molar-refractivity contribution in [2.45, 2.75) is 0 Å². The summed E-state index contributed by atoms with van der Waals surface area (Å²) in [6, 6.07) is 41.1. The van der Waals surface area contributed by atoms with E-state index in [2.05, 4.69) is 41.0 Å². The Balaban J connectivity index is 1.42. The van der Waals surface area contributed by atoms with Gasteiger partial charge in [0.1, 0.15) is 13.4 Å². The van der Waals surface area contributed by atoms with E-state index in [1.165, 1.54) is 4.57 Å². The number of hydrogen-bond acceptors (Lipinski definition) is 6. The lowest BCUT2D eigenvalue weighted by Crippen LogP contribution is -2.09. The molecule has 246 valence electrons. The van der Waals surface area contributed by atoms with Crippen LogP contribution in [0.2, 0.25) is 0 Å². The van der Waals surface area contributed by atoms with Crippen LogP contribution in [0, 0.1) is 0 Å². The van der Waals surface area contributed by atoms with E-state index < -0.39 is 34.5 Å². The molecule has 0 aliphatic rings. The molecule has 0 fully saturated rings. The average molecular weight is 669 g/mol. The fourth-order valence-electron chi connectivity index (χ4n) is 7.73. The van der Waals surface area contributed by atoms with Crippen LogP contribution in [-0.2, 0) is 0 Å². The first-order valence-corrected chi connectivity index (χ1v) is 16.4. The van der Waals surface area contributed by atoms with Gasteiger partial charge in [-0.15, -0.1) is 0 Å². The molecular weight excluding hydrogens is 639 g/mol. The molecule has 2 heterocycles. The lowest BCUT2D eigenvalue weighted by atomic mass is 9.82. The molecule has 6 N–H and O–H groups in total. The summed E-state index contributed by atoms with van der Waals surface area (Å²) in [4.78, 5) is 0. The molecule has 0 saturated carbocycles. The molecule has 0 bridgehead atoms. The summed E-state index contributed by atoms with van der Waals surface area (Å²) in [7, 11) is 1.75. The number of benzene rings is 7. The Kier molecular flexibility index (Phi) is 6.50. The maximum atomic E-state index is 11.9. The molecule has 0 saturated heterocycles. The van der Waals surface area contributed by atoms with Crippen LogP contribution in [0.5, 0.6) is 34.5 Å². The number of para-hydroxylation sites is 2. The Hall–Kier alpha value is -7.00. The van der Waals surface area contributed by atoms with Crippen LogP contribution in [0.3, 0.4) is 0 Å². The van der Waals surface area contributed by atoms with Gasteiger partial charge in [0, 0.05) is 33.1 Å². The van der Waals surface area contributed by atoms with Crippen LogP contribution in [0.25, 0.3) is 77.2 Å². The summed E-state index contributed by atoms with van der Waals surface area (Å²) in [5.41, 5.74) is 6.88. The molecule has 0 amide bonds. The van der Waals surface area contributed by atoms with Crippen molar-refractivity contribution in [2.24, 2.45) is 0 Å². The molecule has 0 spiro atoms. The number of aromatic nitrogens is 2. The normalized spacial score (nSPS) is 11.7. The number of hydrogen-bond donors (Lipinski definition) is 6. The number of phenolic OH excluding ortho intramolecular Hbond substituents is 6. The summed E-state index contributed by atoms with van der Waals surface area (Å²) in [5.74, 6) is -4.07. The minimum Gasteiger partial charge on any atom is -0.504 e. The molecule has 0 atom stereocenters. The number of fused-ring (bicyclic) bond motifs is 6. The quantitative estimate of drug-likeness (QED) is 0.0648. The molecule has 9 rings (SSSR count). The predicted octanol–water partition coefficient (Wildman–Crippen LogP) is 7.71. The van der Waals surface area contributed by atoms with Gasteiger partial charge in [0.15, 0.2) is 23.0 Å². The van der Waals surface area contributed by atoms with E-state index >= 15 is 0 Å². The first-order chi connectivity index (χ1) is 24.8. The molecule has 2 aromatic heterocycles. The highest BCUT2D eigenvalue weighted by Crippen LogP contribution is 2.55. The summed E-state index contributed by atoms with van der Waals surface area (Å²) in [5, 5.41) is 69.7. The van der Waals surface area contributed by atoms with Gasteiger partial charge in [-0.05, 0) is 59.2 Å². The van der Waals surface area contributed by atoms with E-state index in [4.69, 9.17) is 0 Å². The molecule has 8 nitrogen and oxygen atoms in total. The van der Waals surface area contributed by atoms with Crippen molar-refractivity contribution in [3.8, 4) is 68.1 Å². The average Bonchev–Trinajstić information content (AvgIpc) is 3.71. The van der Waals surface area contributed by atoms with E-state index in [1.54, 1.807) is 38.2 Å². The van der Waals surface area contributed by atoms with Gasteiger partial charge in [0.05, 0.1) is 21.9 Å². The van der Waals surface area contributed by atoms with E-state index in [0.717, 1.165) is 38.6 Å². The fraction of sp³-hybridized carbons (Fsp3) is 0. The zero-order chi connectivity index (χ0) is 35.1. The molecule has 0 aliphatic heterocycles. The number of phenols is 6. The fourth-order valence-corrected chi connectivity index (χ4v) is 7.73. The van der Waals surface area contributed by atoms with Gasteiger partial charge in [0.2, 0.25) is 11.5 Å². The van der Waals surface area contributed by atoms with Gasteiger partial charge in [-0.2, -0.15) is 0 Å². The van der Waals surface area contributed by atoms with Crippen molar-refractivity contribution in [3.05, 3.63) is 127 Å². The summed E-state index contributed by atoms with van der Waals surface area (Å²) in [6.07, 6.45) is 0. The van der Waals surface area contributed by atoms with Crippen LogP contribution >= 0.6 is 0 Å². The van der Waals surface area contributed by atoms with E-state index in [9.17, 15) is 30.6 Å². The smallest absolute Gasteiger partial charge is 0.206 e. The second-order valence-corrected chi connectivity index (χ2v) is 12.7. The molecule has 9 heteroatoms. The number of aromatic hydroxyl groups is 6. The van der Waals surface area contributed by atoms with Crippen LogP contribution in [0.15, 0.2) is 127 Å². The van der Waals surface area contributed by atoms with E-state index in [-0.39, 0.29) is 21.8 Å². The highest BCUT2D eigenvalue weighted by molar-refractivity contribution is 6.47. The summed E-state index contributed by atoms with van der Waals surface area (Å²) in [6.45, 7) is 0. The molecule has 7 aromatic carbocycles. The number of nitrogens with zero attached hydrogens (tertiary/aromatic N) is 2. The SMILES string of the molecule is Bc1c(-c2ccc3c(c2)c2c(-c4ccccc4)cccc2n3-c2ccccc2)c(O)c(O)c2c1c1c(O)c(O)c(O)c(O)c1n2-c1ccccc1. The number of rotatable bonds is 4. The lowest BCUT2D eigenvalue weighted by Gasteiger charge is -2.16. The molecule has 51 heavy (non-hydrogen) atoms. The minimum atomic E-state index is -0.906. The van der Waals surface area contributed by atoms with Gasteiger partial charge in [0.25, 0.3) is 0 Å². The third-order valence-electron chi connectivity index (χ3n) is 9.93. The Morgan fingerprint density at radius 1 is 0.412 bits per heavy atom. The van der Waals surface area contributed by atoms with Gasteiger partial charge in [-0.3, -0.25) is 0 Å². The van der Waals surface area contributed by atoms with Crippen molar-refractivity contribution >= 4 is 56.9 Å². The molecule has 0 radical (unpaired) electrons. The lowest BCUT2D eigenvalue weighted by molar-refractivity contribution is 0.350. The largest absolute Gasteiger partial charge is 0.504 e.